The van der Waals surface area contributed by atoms with E-state index >= 15 is 0 Å². The maximum Gasteiger partial charge on any atom is 0.223 e. The van der Waals surface area contributed by atoms with Crippen molar-refractivity contribution in [2.45, 2.75) is 18.6 Å². The van der Waals surface area contributed by atoms with Crippen molar-refractivity contribution in [1.29, 1.82) is 0 Å². The summed E-state index contributed by atoms with van der Waals surface area (Å²) in [6, 6.07) is 14.5. The summed E-state index contributed by atoms with van der Waals surface area (Å²) in [6.45, 7) is 0.273. The molecule has 2 unspecified atom stereocenters. The number of methoxy groups -OCH3 is 2. The number of carbonyl (C=O) groups excluding carboxylic acids is 1. The number of nitrogens with one attached hydrogen (secondary N) is 1. The molecule has 0 aromatic heterocycles. The summed E-state index contributed by atoms with van der Waals surface area (Å²) in [4.78, 5) is 12.5. The van der Waals surface area contributed by atoms with Crippen LogP contribution in [0.15, 0.2) is 48.5 Å². The number of carbonyl (C=O) groups is 1. The maximum atomic E-state index is 12.5. The molecule has 7 heteroatoms. The lowest BCUT2D eigenvalue weighted by Gasteiger charge is -2.23. The summed E-state index contributed by atoms with van der Waals surface area (Å²) < 4.78 is 10.6. The quantitative estimate of drug-likeness (QED) is 0.714. The average molecular weight is 399 g/mol. The fourth-order valence-corrected chi connectivity index (χ4v) is 2.87. The second-order valence-electron chi connectivity index (χ2n) is 5.56. The molecule has 0 bridgehead atoms. The van der Waals surface area contributed by atoms with Crippen LogP contribution >= 0.6 is 24.0 Å². The topological polar surface area (TPSA) is 73.6 Å². The summed E-state index contributed by atoms with van der Waals surface area (Å²) in [5, 5.41) is 3.60. The molecular weight excluding hydrogens is 375 g/mol. The molecule has 142 valence electrons. The number of amides is 1. The van der Waals surface area contributed by atoms with Crippen LogP contribution in [-0.4, -0.2) is 32.8 Å². The Hall–Kier alpha value is -1.79. The van der Waals surface area contributed by atoms with E-state index in [1.807, 2.05) is 42.5 Å². The number of ether oxygens (including phenoxy) is 2. The van der Waals surface area contributed by atoms with Gasteiger partial charge in [-0.1, -0.05) is 48.0 Å². The second kappa shape index (κ2) is 11.0. The van der Waals surface area contributed by atoms with Crippen LogP contribution in [0.5, 0.6) is 5.75 Å². The van der Waals surface area contributed by atoms with E-state index in [0.29, 0.717) is 10.8 Å². The molecule has 0 radical (unpaired) electrons. The third kappa shape index (κ3) is 5.61. The second-order valence-corrected chi connectivity index (χ2v) is 5.97. The zero-order chi connectivity index (χ0) is 18.2. The van der Waals surface area contributed by atoms with Gasteiger partial charge in [-0.15, -0.1) is 12.4 Å². The van der Waals surface area contributed by atoms with Crippen molar-refractivity contribution in [1.82, 2.24) is 5.32 Å². The van der Waals surface area contributed by atoms with E-state index in [9.17, 15) is 4.79 Å². The van der Waals surface area contributed by atoms with Gasteiger partial charge in [0, 0.05) is 24.2 Å². The highest BCUT2D eigenvalue weighted by Gasteiger charge is 2.23. The molecule has 0 saturated carbocycles. The molecule has 3 N–H and O–H groups in total. The smallest absolute Gasteiger partial charge is 0.223 e. The maximum absolute atomic E-state index is 12.5. The highest BCUT2D eigenvalue weighted by atomic mass is 35.5. The fourth-order valence-electron chi connectivity index (χ4n) is 2.63. The molecule has 0 aliphatic carbocycles. The Bertz CT molecular complexity index is 709. The highest BCUT2D eigenvalue weighted by molar-refractivity contribution is 6.31. The highest BCUT2D eigenvalue weighted by Crippen LogP contribution is 2.33. The van der Waals surface area contributed by atoms with Gasteiger partial charge in [0.05, 0.1) is 25.7 Å². The van der Waals surface area contributed by atoms with E-state index in [2.05, 4.69) is 5.32 Å². The third-order valence-electron chi connectivity index (χ3n) is 3.98. The van der Waals surface area contributed by atoms with Crippen LogP contribution in [0.4, 0.5) is 0 Å². The first-order valence-corrected chi connectivity index (χ1v) is 8.38. The minimum atomic E-state index is -0.437. The molecule has 26 heavy (non-hydrogen) atoms. The standard InChI is InChI=1S/C19H23ClN2O3.ClH/c1-24-13(12-21)11-18(23)22-19(14-7-3-5-9-16(14)20)15-8-4-6-10-17(15)25-2;/h3-10,13,19H,11-12,21H2,1-2H3,(H,22,23);1H. The van der Waals surface area contributed by atoms with Gasteiger partial charge in [0.1, 0.15) is 5.75 Å². The molecule has 0 spiro atoms. The van der Waals surface area contributed by atoms with Crippen molar-refractivity contribution in [3.05, 3.63) is 64.7 Å². The molecule has 0 saturated heterocycles. The van der Waals surface area contributed by atoms with E-state index in [1.165, 1.54) is 7.11 Å². The third-order valence-corrected chi connectivity index (χ3v) is 4.32. The average Bonchev–Trinajstić information content (AvgIpc) is 2.65. The minimum absolute atomic E-state index is 0. The van der Waals surface area contributed by atoms with Crippen molar-refractivity contribution in [3.8, 4) is 5.75 Å². The van der Waals surface area contributed by atoms with Gasteiger partial charge in [0.25, 0.3) is 0 Å². The van der Waals surface area contributed by atoms with Crippen LogP contribution in [0, 0.1) is 0 Å². The van der Waals surface area contributed by atoms with Gasteiger partial charge in [0.2, 0.25) is 5.91 Å². The van der Waals surface area contributed by atoms with Gasteiger partial charge in [0.15, 0.2) is 0 Å². The largest absolute Gasteiger partial charge is 0.496 e. The lowest BCUT2D eigenvalue weighted by atomic mass is 9.97. The van der Waals surface area contributed by atoms with Crippen molar-refractivity contribution in [3.63, 3.8) is 0 Å². The first-order valence-electron chi connectivity index (χ1n) is 8.00. The number of nitrogens with two attached hydrogens (primary N) is 1. The summed E-state index contributed by atoms with van der Waals surface area (Å²) in [5.74, 6) is 0.503. The van der Waals surface area contributed by atoms with Gasteiger partial charge < -0.3 is 20.5 Å². The molecule has 5 nitrogen and oxygen atoms in total. The molecule has 2 aromatic carbocycles. The minimum Gasteiger partial charge on any atom is -0.496 e. The zero-order valence-corrected chi connectivity index (χ0v) is 16.3. The van der Waals surface area contributed by atoms with Gasteiger partial charge in [-0.2, -0.15) is 0 Å². The molecule has 0 aliphatic rings. The summed E-state index contributed by atoms with van der Waals surface area (Å²) in [7, 11) is 3.14. The Morgan fingerprint density at radius 2 is 1.73 bits per heavy atom. The van der Waals surface area contributed by atoms with Gasteiger partial charge in [-0.05, 0) is 17.7 Å². The number of halogens is 2. The summed E-state index contributed by atoms with van der Waals surface area (Å²) in [5.41, 5.74) is 7.23. The molecule has 2 atom stereocenters. The number of benzene rings is 2. The molecule has 2 rings (SSSR count). The van der Waals surface area contributed by atoms with Crippen molar-refractivity contribution in [2.24, 2.45) is 5.73 Å². The molecule has 0 heterocycles. The predicted molar refractivity (Wildman–Crippen MR) is 106 cm³/mol. The lowest BCUT2D eigenvalue weighted by molar-refractivity contribution is -0.123. The predicted octanol–water partition coefficient (Wildman–Crippen LogP) is 3.34. The van der Waals surface area contributed by atoms with Crippen LogP contribution in [0.2, 0.25) is 5.02 Å². The van der Waals surface area contributed by atoms with E-state index in [1.54, 1.807) is 13.2 Å². The number of para-hydroxylation sites is 1. The zero-order valence-electron chi connectivity index (χ0n) is 14.8. The molecule has 0 fully saturated rings. The number of hydrogen-bond acceptors (Lipinski definition) is 4. The van der Waals surface area contributed by atoms with E-state index in [0.717, 1.165) is 11.1 Å². The van der Waals surface area contributed by atoms with E-state index in [4.69, 9.17) is 26.8 Å². The van der Waals surface area contributed by atoms with Crippen LogP contribution in [-0.2, 0) is 9.53 Å². The fraction of sp³-hybridized carbons (Fsp3) is 0.316. The summed E-state index contributed by atoms with van der Waals surface area (Å²) >= 11 is 6.37. The Morgan fingerprint density at radius 3 is 2.31 bits per heavy atom. The van der Waals surface area contributed by atoms with Crippen LogP contribution in [0.3, 0.4) is 0 Å². The number of rotatable bonds is 8. The molecule has 2 aromatic rings. The molecule has 1 amide bonds. The first-order chi connectivity index (χ1) is 12.1. The van der Waals surface area contributed by atoms with Crippen LogP contribution < -0.4 is 15.8 Å². The van der Waals surface area contributed by atoms with Crippen molar-refractivity contribution >= 4 is 29.9 Å². The van der Waals surface area contributed by atoms with Gasteiger partial charge in [-0.3, -0.25) is 4.79 Å². The van der Waals surface area contributed by atoms with Crippen molar-refractivity contribution in [2.75, 3.05) is 20.8 Å². The normalized spacial score (nSPS) is 12.6. The Morgan fingerprint density at radius 1 is 1.12 bits per heavy atom. The lowest BCUT2D eigenvalue weighted by Crippen LogP contribution is -2.35. The Balaban J connectivity index is 0.00000338. The van der Waals surface area contributed by atoms with Gasteiger partial charge >= 0.3 is 0 Å². The van der Waals surface area contributed by atoms with E-state index in [-0.39, 0.29) is 37.4 Å². The molecular formula is C19H24Cl2N2O3. The van der Waals surface area contributed by atoms with Crippen LogP contribution in [0.25, 0.3) is 0 Å². The van der Waals surface area contributed by atoms with Crippen molar-refractivity contribution < 1.29 is 14.3 Å². The monoisotopic (exact) mass is 398 g/mol. The number of hydrogen-bond donors (Lipinski definition) is 2. The SMILES string of the molecule is COc1ccccc1C(NC(=O)CC(CN)OC)c1ccccc1Cl.Cl. The van der Waals surface area contributed by atoms with E-state index < -0.39 is 6.04 Å². The molecule has 0 aliphatic heterocycles. The Kier molecular flexibility index (Phi) is 9.44. The van der Waals surface area contributed by atoms with Gasteiger partial charge in [-0.25, -0.2) is 0 Å². The Labute approximate surface area is 165 Å². The first kappa shape index (κ1) is 22.3. The van der Waals surface area contributed by atoms with Crippen LogP contribution in [0.1, 0.15) is 23.6 Å². The summed E-state index contributed by atoms with van der Waals surface area (Å²) in [6.07, 6.45) is -0.159.